The van der Waals surface area contributed by atoms with Crippen molar-refractivity contribution < 1.29 is 9.59 Å². The first-order valence-electron chi connectivity index (χ1n) is 10.4. The Labute approximate surface area is 181 Å². The summed E-state index contributed by atoms with van der Waals surface area (Å²) in [6.45, 7) is 2.87. The summed E-state index contributed by atoms with van der Waals surface area (Å²) in [5.41, 5.74) is 4.72. The molecule has 31 heavy (non-hydrogen) atoms. The summed E-state index contributed by atoms with van der Waals surface area (Å²) < 4.78 is 0. The van der Waals surface area contributed by atoms with Gasteiger partial charge in [-0.2, -0.15) is 0 Å². The smallest absolute Gasteiger partial charge is 0.225 e. The molecule has 158 valence electrons. The van der Waals surface area contributed by atoms with Gasteiger partial charge in [0.1, 0.15) is 6.33 Å². The molecule has 0 spiro atoms. The number of aromatic nitrogens is 3. The lowest BCUT2D eigenvalue weighted by molar-refractivity contribution is -0.132. The van der Waals surface area contributed by atoms with E-state index in [1.54, 1.807) is 30.5 Å². The minimum absolute atomic E-state index is 0.0345. The Kier molecular flexibility index (Phi) is 6.31. The summed E-state index contributed by atoms with van der Waals surface area (Å²) in [6, 6.07) is 13.7. The van der Waals surface area contributed by atoms with Crippen LogP contribution < -0.4 is 5.32 Å². The third-order valence-electron chi connectivity index (χ3n) is 5.62. The quantitative estimate of drug-likeness (QED) is 0.707. The SMILES string of the molecule is CC(=O)N1CCc2ncnc(-c3ccccc3)c2CC(C(=O)NCc2ccncc2)C1. The average Bonchev–Trinajstić information content (AvgIpc) is 2.79. The second kappa shape index (κ2) is 9.47. The maximum atomic E-state index is 13.2. The number of pyridine rings is 1. The molecule has 7 nitrogen and oxygen atoms in total. The molecule has 1 atom stereocenters. The summed E-state index contributed by atoms with van der Waals surface area (Å²) in [5.74, 6) is -0.509. The van der Waals surface area contributed by atoms with Gasteiger partial charge in [-0.3, -0.25) is 14.6 Å². The van der Waals surface area contributed by atoms with E-state index in [-0.39, 0.29) is 11.8 Å². The van der Waals surface area contributed by atoms with Crippen LogP contribution in [0, 0.1) is 5.92 Å². The monoisotopic (exact) mass is 415 g/mol. The summed E-state index contributed by atoms with van der Waals surface area (Å²) in [4.78, 5) is 40.1. The molecule has 3 heterocycles. The average molecular weight is 415 g/mol. The predicted molar refractivity (Wildman–Crippen MR) is 117 cm³/mol. The highest BCUT2D eigenvalue weighted by Crippen LogP contribution is 2.27. The van der Waals surface area contributed by atoms with Gasteiger partial charge in [0, 0.05) is 62.2 Å². The van der Waals surface area contributed by atoms with Crippen molar-refractivity contribution in [3.8, 4) is 11.3 Å². The lowest BCUT2D eigenvalue weighted by Crippen LogP contribution is -2.44. The highest BCUT2D eigenvalue weighted by Gasteiger charge is 2.29. The van der Waals surface area contributed by atoms with Gasteiger partial charge in [0.15, 0.2) is 0 Å². The van der Waals surface area contributed by atoms with E-state index in [1.807, 2.05) is 42.5 Å². The fourth-order valence-electron chi connectivity index (χ4n) is 3.93. The fourth-order valence-corrected chi connectivity index (χ4v) is 3.93. The van der Waals surface area contributed by atoms with E-state index in [2.05, 4.69) is 20.3 Å². The minimum Gasteiger partial charge on any atom is -0.352 e. The van der Waals surface area contributed by atoms with Gasteiger partial charge >= 0.3 is 0 Å². The first-order valence-corrected chi connectivity index (χ1v) is 10.4. The van der Waals surface area contributed by atoms with Crippen molar-refractivity contribution in [2.75, 3.05) is 13.1 Å². The van der Waals surface area contributed by atoms with Gasteiger partial charge in [-0.05, 0) is 24.1 Å². The zero-order valence-electron chi connectivity index (χ0n) is 17.5. The van der Waals surface area contributed by atoms with Crippen LogP contribution in [-0.4, -0.2) is 44.8 Å². The lowest BCUT2D eigenvalue weighted by Gasteiger charge is -2.30. The first-order chi connectivity index (χ1) is 15.1. The Hall–Kier alpha value is -3.61. The van der Waals surface area contributed by atoms with Crippen LogP contribution in [0.25, 0.3) is 11.3 Å². The molecule has 1 aliphatic heterocycles. The van der Waals surface area contributed by atoms with Gasteiger partial charge < -0.3 is 10.2 Å². The molecule has 0 saturated heterocycles. The number of amides is 2. The maximum absolute atomic E-state index is 13.2. The second-order valence-corrected chi connectivity index (χ2v) is 7.70. The number of rotatable bonds is 4. The standard InChI is InChI=1S/C24H25N5O2/c1-17(30)29-12-9-22-21(23(28-16-27-22)19-5-3-2-4-6-19)13-20(15-29)24(31)26-14-18-7-10-25-11-8-18/h2-8,10-11,16,20H,9,12-15H2,1H3,(H,26,31). The lowest BCUT2D eigenvalue weighted by atomic mass is 9.90. The van der Waals surface area contributed by atoms with Crippen molar-refractivity contribution in [1.29, 1.82) is 0 Å². The Morgan fingerprint density at radius 1 is 1.10 bits per heavy atom. The van der Waals surface area contributed by atoms with Crippen LogP contribution in [0.15, 0.2) is 61.2 Å². The van der Waals surface area contributed by atoms with E-state index < -0.39 is 5.92 Å². The van der Waals surface area contributed by atoms with E-state index in [0.29, 0.717) is 32.5 Å². The molecule has 0 fully saturated rings. The molecule has 7 heteroatoms. The highest BCUT2D eigenvalue weighted by atomic mass is 16.2. The minimum atomic E-state index is -0.391. The van der Waals surface area contributed by atoms with Crippen molar-refractivity contribution in [2.24, 2.45) is 5.92 Å². The molecular formula is C24H25N5O2. The number of benzene rings is 1. The van der Waals surface area contributed by atoms with Gasteiger partial charge in [0.05, 0.1) is 11.6 Å². The molecule has 1 aromatic carbocycles. The van der Waals surface area contributed by atoms with Crippen LogP contribution in [0.1, 0.15) is 23.7 Å². The van der Waals surface area contributed by atoms with E-state index in [4.69, 9.17) is 0 Å². The van der Waals surface area contributed by atoms with Gasteiger partial charge in [-0.15, -0.1) is 0 Å². The van der Waals surface area contributed by atoms with Crippen LogP contribution in [0.2, 0.25) is 0 Å². The third-order valence-corrected chi connectivity index (χ3v) is 5.62. The van der Waals surface area contributed by atoms with Gasteiger partial charge in [0.2, 0.25) is 11.8 Å². The van der Waals surface area contributed by atoms with Crippen molar-refractivity contribution in [3.05, 3.63) is 78.0 Å². The molecule has 1 unspecified atom stereocenters. The van der Waals surface area contributed by atoms with Gasteiger partial charge in [0.25, 0.3) is 0 Å². The molecule has 2 amide bonds. The zero-order valence-corrected chi connectivity index (χ0v) is 17.5. The first kappa shape index (κ1) is 20.7. The van der Waals surface area contributed by atoms with Crippen LogP contribution >= 0.6 is 0 Å². The second-order valence-electron chi connectivity index (χ2n) is 7.70. The van der Waals surface area contributed by atoms with Crippen LogP contribution in [0.5, 0.6) is 0 Å². The van der Waals surface area contributed by atoms with Gasteiger partial charge in [-0.1, -0.05) is 30.3 Å². The van der Waals surface area contributed by atoms with Crippen molar-refractivity contribution in [3.63, 3.8) is 0 Å². The van der Waals surface area contributed by atoms with E-state index in [0.717, 1.165) is 28.1 Å². The summed E-state index contributed by atoms with van der Waals surface area (Å²) in [5, 5.41) is 3.02. The highest BCUT2D eigenvalue weighted by molar-refractivity contribution is 5.81. The number of fused-ring (bicyclic) bond motifs is 1. The number of carbonyl (C=O) groups excluding carboxylic acids is 2. The fraction of sp³-hybridized carbons (Fsp3) is 0.292. The molecule has 3 aromatic rings. The molecule has 0 bridgehead atoms. The summed E-state index contributed by atoms with van der Waals surface area (Å²) >= 11 is 0. The number of hydrogen-bond donors (Lipinski definition) is 1. The van der Waals surface area contributed by atoms with Gasteiger partial charge in [-0.25, -0.2) is 9.97 Å². The molecule has 1 aliphatic rings. The predicted octanol–water partition coefficient (Wildman–Crippen LogP) is 2.42. The number of hydrogen-bond acceptors (Lipinski definition) is 5. The van der Waals surface area contributed by atoms with Crippen molar-refractivity contribution in [2.45, 2.75) is 26.3 Å². The summed E-state index contributed by atoms with van der Waals surface area (Å²) in [7, 11) is 0. The largest absolute Gasteiger partial charge is 0.352 e. The molecule has 2 aromatic heterocycles. The van der Waals surface area contributed by atoms with Crippen LogP contribution in [0.3, 0.4) is 0 Å². The van der Waals surface area contributed by atoms with E-state index in [1.165, 1.54) is 0 Å². The molecule has 4 rings (SSSR count). The topological polar surface area (TPSA) is 88.1 Å². The Bertz CT molecular complexity index is 1060. The van der Waals surface area contributed by atoms with Crippen molar-refractivity contribution in [1.82, 2.24) is 25.2 Å². The Morgan fingerprint density at radius 3 is 2.61 bits per heavy atom. The maximum Gasteiger partial charge on any atom is 0.225 e. The Morgan fingerprint density at radius 2 is 1.87 bits per heavy atom. The number of carbonyl (C=O) groups is 2. The molecule has 0 aliphatic carbocycles. The molecule has 0 saturated carbocycles. The van der Waals surface area contributed by atoms with Crippen LogP contribution in [-0.2, 0) is 29.0 Å². The number of nitrogens with zero attached hydrogens (tertiary/aromatic N) is 4. The Balaban J connectivity index is 1.64. The number of nitrogens with one attached hydrogen (secondary N) is 1. The molecular weight excluding hydrogens is 390 g/mol. The van der Waals surface area contributed by atoms with Crippen LogP contribution in [0.4, 0.5) is 0 Å². The normalized spacial score (nSPS) is 16.0. The summed E-state index contributed by atoms with van der Waals surface area (Å²) in [6.07, 6.45) is 6.09. The van der Waals surface area contributed by atoms with E-state index >= 15 is 0 Å². The zero-order chi connectivity index (χ0) is 21.6. The van der Waals surface area contributed by atoms with Crippen molar-refractivity contribution >= 4 is 11.8 Å². The van der Waals surface area contributed by atoms with E-state index in [9.17, 15) is 9.59 Å². The molecule has 1 N–H and O–H groups in total. The third kappa shape index (κ3) is 4.94. The molecule has 0 radical (unpaired) electrons.